The fourth-order valence-corrected chi connectivity index (χ4v) is 5.82. The first kappa shape index (κ1) is 11.4. The standard InChI is InChI=1S/C15H20Si/c1-12-10-13(2)15(11-12)16(3,4)14-8-6-5-7-9-14/h5-10H,11H2,1-4H3. The van der Waals surface area contributed by atoms with Crippen molar-refractivity contribution in [3.8, 4) is 0 Å². The molecule has 16 heavy (non-hydrogen) atoms. The van der Waals surface area contributed by atoms with Gasteiger partial charge in [0.05, 0.1) is 0 Å². The Balaban J connectivity index is 2.39. The van der Waals surface area contributed by atoms with Crippen molar-refractivity contribution < 1.29 is 0 Å². The second-order valence-electron chi connectivity index (χ2n) is 5.32. The quantitative estimate of drug-likeness (QED) is 0.675. The predicted octanol–water partition coefficient (Wildman–Crippen LogP) is 3.81. The van der Waals surface area contributed by atoms with Crippen LogP contribution in [-0.2, 0) is 0 Å². The molecule has 1 aromatic carbocycles. The van der Waals surface area contributed by atoms with Gasteiger partial charge in [-0.3, -0.25) is 0 Å². The Labute approximate surface area is 99.7 Å². The minimum absolute atomic E-state index is 1.19. The maximum atomic E-state index is 2.47. The highest BCUT2D eigenvalue weighted by Gasteiger charge is 2.31. The van der Waals surface area contributed by atoms with Crippen LogP contribution in [-0.4, -0.2) is 8.07 Å². The van der Waals surface area contributed by atoms with Gasteiger partial charge < -0.3 is 0 Å². The molecule has 1 aliphatic carbocycles. The number of benzene rings is 1. The molecule has 0 amide bonds. The van der Waals surface area contributed by atoms with Gasteiger partial charge in [-0.2, -0.15) is 0 Å². The van der Waals surface area contributed by atoms with Crippen LogP contribution in [0.5, 0.6) is 0 Å². The highest BCUT2D eigenvalue weighted by Crippen LogP contribution is 2.31. The van der Waals surface area contributed by atoms with E-state index < -0.39 is 8.07 Å². The summed E-state index contributed by atoms with van der Waals surface area (Å²) in [5, 5.41) is 3.25. The van der Waals surface area contributed by atoms with Crippen LogP contribution in [0.3, 0.4) is 0 Å². The van der Waals surface area contributed by atoms with Crippen LogP contribution in [0, 0.1) is 0 Å². The Kier molecular flexibility index (Phi) is 2.89. The van der Waals surface area contributed by atoms with Crippen LogP contribution in [0.25, 0.3) is 0 Å². The van der Waals surface area contributed by atoms with Crippen molar-refractivity contribution in [1.82, 2.24) is 0 Å². The molecule has 0 heterocycles. The third-order valence-corrected chi connectivity index (χ3v) is 7.50. The predicted molar refractivity (Wildman–Crippen MR) is 74.6 cm³/mol. The fourth-order valence-electron chi connectivity index (χ4n) is 2.67. The van der Waals surface area contributed by atoms with Gasteiger partial charge >= 0.3 is 0 Å². The van der Waals surface area contributed by atoms with Gasteiger partial charge in [0.2, 0.25) is 0 Å². The van der Waals surface area contributed by atoms with E-state index in [0.717, 1.165) is 0 Å². The van der Waals surface area contributed by atoms with E-state index in [0.29, 0.717) is 0 Å². The van der Waals surface area contributed by atoms with Gasteiger partial charge in [0.25, 0.3) is 0 Å². The van der Waals surface area contributed by atoms with E-state index in [4.69, 9.17) is 0 Å². The summed E-state index contributed by atoms with van der Waals surface area (Å²) in [6.07, 6.45) is 3.55. The first-order valence-electron chi connectivity index (χ1n) is 5.95. The lowest BCUT2D eigenvalue weighted by Gasteiger charge is -2.26. The maximum absolute atomic E-state index is 2.47. The number of allylic oxidation sites excluding steroid dienone is 4. The summed E-state index contributed by atoms with van der Waals surface area (Å²) < 4.78 is 0. The molecule has 0 saturated heterocycles. The van der Waals surface area contributed by atoms with E-state index in [9.17, 15) is 0 Å². The topological polar surface area (TPSA) is 0 Å². The Morgan fingerprint density at radius 3 is 2.12 bits per heavy atom. The van der Waals surface area contributed by atoms with Gasteiger partial charge in [-0.15, -0.1) is 0 Å². The largest absolute Gasteiger partial charge is 0.108 e. The molecule has 1 aromatic rings. The summed E-state index contributed by atoms with van der Waals surface area (Å²) in [6.45, 7) is 9.44. The summed E-state index contributed by atoms with van der Waals surface area (Å²) in [7, 11) is -1.42. The number of rotatable bonds is 2. The van der Waals surface area contributed by atoms with Crippen molar-refractivity contribution in [2.75, 3.05) is 0 Å². The van der Waals surface area contributed by atoms with Crippen molar-refractivity contribution in [3.05, 3.63) is 52.8 Å². The lowest BCUT2D eigenvalue weighted by atomic mass is 10.3. The molecule has 0 radical (unpaired) electrons. The molecule has 0 unspecified atom stereocenters. The molecule has 84 valence electrons. The molecule has 0 saturated carbocycles. The van der Waals surface area contributed by atoms with E-state index in [1.165, 1.54) is 17.6 Å². The second-order valence-corrected chi connectivity index (χ2v) is 9.75. The third-order valence-electron chi connectivity index (χ3n) is 3.64. The monoisotopic (exact) mass is 228 g/mol. The average molecular weight is 228 g/mol. The molecular formula is C15H20Si. The smallest absolute Gasteiger partial charge is 0.0694 e. The molecule has 2 rings (SSSR count). The lowest BCUT2D eigenvalue weighted by Crippen LogP contribution is -2.43. The lowest BCUT2D eigenvalue weighted by molar-refractivity contribution is 1.21. The molecule has 0 spiro atoms. The molecule has 1 aliphatic rings. The summed E-state index contributed by atoms with van der Waals surface area (Å²) in [5.74, 6) is 0. The molecule has 0 aromatic heterocycles. The molecule has 0 N–H and O–H groups in total. The van der Waals surface area contributed by atoms with E-state index >= 15 is 0 Å². The normalized spacial score (nSPS) is 16.6. The highest BCUT2D eigenvalue weighted by atomic mass is 28.3. The highest BCUT2D eigenvalue weighted by molar-refractivity contribution is 6.95. The van der Waals surface area contributed by atoms with Crippen LogP contribution in [0.4, 0.5) is 0 Å². The van der Waals surface area contributed by atoms with Gasteiger partial charge in [-0.1, -0.05) is 71.0 Å². The zero-order valence-corrected chi connectivity index (χ0v) is 11.7. The van der Waals surface area contributed by atoms with Crippen LogP contribution < -0.4 is 5.19 Å². The minimum Gasteiger partial charge on any atom is -0.0694 e. The molecule has 0 atom stereocenters. The van der Waals surface area contributed by atoms with Crippen molar-refractivity contribution in [3.63, 3.8) is 0 Å². The first-order valence-corrected chi connectivity index (χ1v) is 8.95. The second kappa shape index (κ2) is 4.06. The van der Waals surface area contributed by atoms with Crippen molar-refractivity contribution in [2.24, 2.45) is 0 Å². The molecule has 1 heteroatoms. The van der Waals surface area contributed by atoms with Gasteiger partial charge in [-0.25, -0.2) is 0 Å². The molecule has 0 bridgehead atoms. The van der Waals surface area contributed by atoms with Crippen molar-refractivity contribution in [1.29, 1.82) is 0 Å². The van der Waals surface area contributed by atoms with E-state index in [-0.39, 0.29) is 0 Å². The van der Waals surface area contributed by atoms with E-state index in [1.54, 1.807) is 10.4 Å². The zero-order valence-electron chi connectivity index (χ0n) is 10.7. The Hall–Kier alpha value is -1.08. The number of hydrogen-bond donors (Lipinski definition) is 0. The Morgan fingerprint density at radius 2 is 1.62 bits per heavy atom. The van der Waals surface area contributed by atoms with Gasteiger partial charge in [0.15, 0.2) is 0 Å². The van der Waals surface area contributed by atoms with Crippen LogP contribution >= 0.6 is 0 Å². The van der Waals surface area contributed by atoms with Crippen molar-refractivity contribution in [2.45, 2.75) is 33.4 Å². The number of hydrogen-bond acceptors (Lipinski definition) is 0. The SMILES string of the molecule is CC1=CC(C)=C([Si](C)(C)c2ccccc2)C1. The average Bonchev–Trinajstić information content (AvgIpc) is 2.60. The minimum atomic E-state index is -1.42. The van der Waals surface area contributed by atoms with Crippen LogP contribution in [0.2, 0.25) is 13.1 Å². The van der Waals surface area contributed by atoms with Crippen molar-refractivity contribution >= 4 is 13.3 Å². The van der Waals surface area contributed by atoms with Gasteiger partial charge in [-0.05, 0) is 20.3 Å². The summed E-state index contributed by atoms with van der Waals surface area (Å²) in [4.78, 5) is 0. The Morgan fingerprint density at radius 1 is 1.00 bits per heavy atom. The molecule has 0 aliphatic heterocycles. The fraction of sp³-hybridized carbons (Fsp3) is 0.333. The summed E-state index contributed by atoms with van der Waals surface area (Å²) >= 11 is 0. The molecule has 0 fully saturated rings. The van der Waals surface area contributed by atoms with Crippen LogP contribution in [0.1, 0.15) is 20.3 Å². The summed E-state index contributed by atoms with van der Waals surface area (Å²) in [6, 6.07) is 11.0. The molecule has 0 nitrogen and oxygen atoms in total. The Bertz CT molecular complexity index is 450. The molecular weight excluding hydrogens is 208 g/mol. The van der Waals surface area contributed by atoms with E-state index in [1.807, 2.05) is 0 Å². The maximum Gasteiger partial charge on any atom is 0.108 e. The van der Waals surface area contributed by atoms with Gasteiger partial charge in [0.1, 0.15) is 8.07 Å². The first-order chi connectivity index (χ1) is 7.51. The van der Waals surface area contributed by atoms with Crippen LogP contribution in [0.15, 0.2) is 52.8 Å². The zero-order chi connectivity index (χ0) is 11.8. The third kappa shape index (κ3) is 1.92. The summed E-state index contributed by atoms with van der Waals surface area (Å²) in [5.41, 5.74) is 3.03. The van der Waals surface area contributed by atoms with Gasteiger partial charge in [0, 0.05) is 0 Å². The van der Waals surface area contributed by atoms with E-state index in [2.05, 4.69) is 63.3 Å².